The van der Waals surface area contributed by atoms with Crippen LogP contribution in [0.1, 0.15) is 34.1 Å². The van der Waals surface area contributed by atoms with Crippen molar-refractivity contribution >= 4 is 40.0 Å². The fraction of sp³-hybridized carbons (Fsp3) is 0.171. The van der Waals surface area contributed by atoms with Gasteiger partial charge < -0.3 is 20.4 Å². The molecule has 2 aromatic heterocycles. The Labute approximate surface area is 270 Å². The molecule has 5 aromatic rings. The molecule has 0 unspecified atom stereocenters. The number of nitrogens with one attached hydrogen (secondary N) is 2. The van der Waals surface area contributed by atoms with Crippen molar-refractivity contribution in [3.63, 3.8) is 0 Å². The van der Waals surface area contributed by atoms with Gasteiger partial charge in [0.1, 0.15) is 12.1 Å². The van der Waals surface area contributed by atoms with Crippen molar-refractivity contribution in [2.24, 2.45) is 0 Å². The maximum atomic E-state index is 14.5. The van der Waals surface area contributed by atoms with Crippen molar-refractivity contribution in [2.75, 3.05) is 23.4 Å². The molecule has 3 aromatic carbocycles. The molecule has 6 rings (SSSR count). The number of likely N-dealkylation sites (N-methyl/N-ethyl adjacent to an activating group) is 1. The van der Waals surface area contributed by atoms with E-state index in [1.165, 1.54) is 22.2 Å². The highest BCUT2D eigenvalue weighted by atomic mass is 16.2. The third-order valence-corrected chi connectivity index (χ3v) is 8.16. The number of amides is 3. The molecule has 0 aliphatic carbocycles. The average molecular weight is 624 g/mol. The number of hydrogen-bond donors (Lipinski definition) is 2. The van der Waals surface area contributed by atoms with Crippen LogP contribution in [0.2, 0.25) is 0 Å². The normalized spacial score (nSPS) is 14.9. The highest BCUT2D eigenvalue weighted by molar-refractivity contribution is 6.13. The molecule has 47 heavy (non-hydrogen) atoms. The third kappa shape index (κ3) is 5.77. The van der Waals surface area contributed by atoms with Crippen LogP contribution >= 0.6 is 0 Å². The standard InChI is InChI=1S/C35H29N9O3/c1-22(38-2)33(45)40-28-21-43(34(46)24-13-15-39-16-14-24)32-17-23(18-36)11-12-31(32)42(35(28)47)20-27-26-8-4-6-10-30(26)44(41-27)29-9-5-3-7-25(29)19-37/h3-17,22,28,38H,20-21H2,1-2H3,(H,40,45)/t22-,28-/m0/s1. The minimum Gasteiger partial charge on any atom is -0.341 e. The lowest BCUT2D eigenvalue weighted by Crippen LogP contribution is -2.55. The first-order valence-corrected chi connectivity index (χ1v) is 14.9. The second kappa shape index (κ2) is 12.9. The number of anilines is 2. The zero-order chi connectivity index (χ0) is 33.1. The maximum Gasteiger partial charge on any atom is 0.258 e. The van der Waals surface area contributed by atoms with Crippen LogP contribution in [-0.2, 0) is 16.1 Å². The Kier molecular flexibility index (Phi) is 8.43. The van der Waals surface area contributed by atoms with E-state index >= 15 is 0 Å². The number of rotatable bonds is 7. The summed E-state index contributed by atoms with van der Waals surface area (Å²) in [6.07, 6.45) is 2.99. The average Bonchev–Trinajstić information content (AvgIpc) is 3.44. The van der Waals surface area contributed by atoms with Crippen molar-refractivity contribution < 1.29 is 14.4 Å². The summed E-state index contributed by atoms with van der Waals surface area (Å²) in [6, 6.07) is 25.1. The summed E-state index contributed by atoms with van der Waals surface area (Å²) in [4.78, 5) is 48.6. The molecular formula is C35H29N9O3. The molecule has 3 heterocycles. The lowest BCUT2D eigenvalue weighted by atomic mass is 10.1. The smallest absolute Gasteiger partial charge is 0.258 e. The van der Waals surface area contributed by atoms with Crippen LogP contribution in [0.4, 0.5) is 11.4 Å². The summed E-state index contributed by atoms with van der Waals surface area (Å²) in [5.74, 6) is -1.32. The number of fused-ring (bicyclic) bond motifs is 2. The van der Waals surface area contributed by atoms with Crippen molar-refractivity contribution in [3.05, 3.63) is 114 Å². The Morgan fingerprint density at radius 1 is 0.957 bits per heavy atom. The van der Waals surface area contributed by atoms with Crippen LogP contribution in [-0.4, -0.2) is 58.2 Å². The zero-order valence-electron chi connectivity index (χ0n) is 25.6. The molecule has 0 fully saturated rings. The number of para-hydroxylation sites is 2. The Hall–Kier alpha value is -6.37. The van der Waals surface area contributed by atoms with E-state index in [0.29, 0.717) is 33.9 Å². The van der Waals surface area contributed by atoms with Gasteiger partial charge >= 0.3 is 0 Å². The third-order valence-electron chi connectivity index (χ3n) is 8.16. The molecule has 1 aliphatic heterocycles. The Bertz CT molecular complexity index is 2100. The summed E-state index contributed by atoms with van der Waals surface area (Å²) in [7, 11) is 1.63. The second-order valence-electron chi connectivity index (χ2n) is 11.0. The number of hydrogen-bond acceptors (Lipinski definition) is 8. The fourth-order valence-electron chi connectivity index (χ4n) is 5.58. The van der Waals surface area contributed by atoms with E-state index in [9.17, 15) is 24.9 Å². The Morgan fingerprint density at radius 3 is 2.45 bits per heavy atom. The SMILES string of the molecule is CN[C@@H](C)C(=O)N[C@H]1CN(C(=O)c2ccncc2)c2cc(C#N)ccc2N(Cc2nn(-c3ccccc3C#N)c3ccccc23)C1=O. The molecule has 232 valence electrons. The van der Waals surface area contributed by atoms with Gasteiger partial charge in [0.05, 0.1) is 64.6 Å². The minimum atomic E-state index is -1.14. The van der Waals surface area contributed by atoms with Gasteiger partial charge in [-0.3, -0.25) is 19.4 Å². The molecule has 1 aliphatic rings. The van der Waals surface area contributed by atoms with Crippen LogP contribution in [0.15, 0.2) is 91.3 Å². The fourth-order valence-corrected chi connectivity index (χ4v) is 5.58. The quantitative estimate of drug-likeness (QED) is 0.279. The number of carbonyl (C=O) groups excluding carboxylic acids is 3. The van der Waals surface area contributed by atoms with Crippen LogP contribution < -0.4 is 20.4 Å². The van der Waals surface area contributed by atoms with E-state index < -0.39 is 29.8 Å². The minimum absolute atomic E-state index is 0.0365. The molecule has 2 atom stereocenters. The first-order valence-electron chi connectivity index (χ1n) is 14.9. The topological polar surface area (TPSA) is 160 Å². The van der Waals surface area contributed by atoms with Crippen molar-refractivity contribution in [1.29, 1.82) is 10.5 Å². The number of carbonyl (C=O) groups is 3. The van der Waals surface area contributed by atoms with Gasteiger partial charge in [-0.25, -0.2) is 4.68 Å². The number of pyridine rings is 1. The van der Waals surface area contributed by atoms with E-state index in [-0.39, 0.29) is 18.7 Å². The lowest BCUT2D eigenvalue weighted by molar-refractivity contribution is -0.128. The lowest BCUT2D eigenvalue weighted by Gasteiger charge is -2.26. The van der Waals surface area contributed by atoms with Gasteiger partial charge in [0.15, 0.2) is 0 Å². The van der Waals surface area contributed by atoms with Crippen molar-refractivity contribution in [3.8, 4) is 17.8 Å². The van der Waals surface area contributed by atoms with E-state index in [1.54, 1.807) is 67.2 Å². The van der Waals surface area contributed by atoms with Crippen LogP contribution in [0.25, 0.3) is 16.6 Å². The van der Waals surface area contributed by atoms with Gasteiger partial charge in [-0.05, 0) is 62.5 Å². The number of nitrogens with zero attached hydrogens (tertiary/aromatic N) is 7. The van der Waals surface area contributed by atoms with E-state index in [4.69, 9.17) is 5.10 Å². The van der Waals surface area contributed by atoms with Gasteiger partial charge in [-0.1, -0.05) is 30.3 Å². The van der Waals surface area contributed by atoms with E-state index in [2.05, 4.69) is 27.8 Å². The highest BCUT2D eigenvalue weighted by Crippen LogP contribution is 2.37. The maximum absolute atomic E-state index is 14.5. The predicted octanol–water partition coefficient (Wildman–Crippen LogP) is 3.45. The van der Waals surface area contributed by atoms with E-state index in [0.717, 1.165) is 10.9 Å². The van der Waals surface area contributed by atoms with Gasteiger partial charge in [0.25, 0.3) is 11.8 Å². The number of aromatic nitrogens is 3. The summed E-state index contributed by atoms with van der Waals surface area (Å²) >= 11 is 0. The summed E-state index contributed by atoms with van der Waals surface area (Å²) in [5, 5.41) is 31.0. The van der Waals surface area contributed by atoms with E-state index in [1.807, 2.05) is 30.3 Å². The molecular weight excluding hydrogens is 594 g/mol. The largest absolute Gasteiger partial charge is 0.341 e. The summed E-state index contributed by atoms with van der Waals surface area (Å²) in [5.41, 5.74) is 3.58. The van der Waals surface area contributed by atoms with Crippen molar-refractivity contribution in [1.82, 2.24) is 25.4 Å². The van der Waals surface area contributed by atoms with Crippen LogP contribution in [0.3, 0.4) is 0 Å². The first kappa shape index (κ1) is 30.6. The van der Waals surface area contributed by atoms with Gasteiger partial charge in [-0.2, -0.15) is 15.6 Å². The van der Waals surface area contributed by atoms with Crippen LogP contribution in [0, 0.1) is 22.7 Å². The Morgan fingerprint density at radius 2 is 1.70 bits per heavy atom. The predicted molar refractivity (Wildman–Crippen MR) is 174 cm³/mol. The molecule has 12 nitrogen and oxygen atoms in total. The molecule has 0 saturated carbocycles. The van der Waals surface area contributed by atoms with Gasteiger partial charge in [-0.15, -0.1) is 0 Å². The molecule has 0 saturated heterocycles. The molecule has 0 spiro atoms. The number of benzene rings is 3. The summed E-state index contributed by atoms with van der Waals surface area (Å²) in [6.45, 7) is 1.44. The number of nitriles is 2. The van der Waals surface area contributed by atoms with Crippen molar-refractivity contribution in [2.45, 2.75) is 25.6 Å². The zero-order valence-corrected chi connectivity index (χ0v) is 25.6. The molecule has 12 heteroatoms. The van der Waals surface area contributed by atoms with Gasteiger partial charge in [0.2, 0.25) is 5.91 Å². The summed E-state index contributed by atoms with van der Waals surface area (Å²) < 4.78 is 1.68. The Balaban J connectivity index is 1.52. The monoisotopic (exact) mass is 623 g/mol. The van der Waals surface area contributed by atoms with Crippen LogP contribution in [0.5, 0.6) is 0 Å². The second-order valence-corrected chi connectivity index (χ2v) is 11.0. The molecule has 2 N–H and O–H groups in total. The van der Waals surface area contributed by atoms with Gasteiger partial charge in [0, 0.05) is 23.3 Å². The molecule has 0 radical (unpaired) electrons. The molecule has 3 amide bonds. The first-order chi connectivity index (χ1) is 22.8. The molecule has 0 bridgehead atoms. The highest BCUT2D eigenvalue weighted by Gasteiger charge is 2.38.